The molecular weight excluding hydrogens is 348 g/mol. The van der Waals surface area contributed by atoms with Crippen LogP contribution in [0, 0.1) is 12.3 Å². The van der Waals surface area contributed by atoms with Crippen LogP contribution in [0.3, 0.4) is 0 Å². The largest absolute Gasteiger partial charge is 0.342 e. The molecule has 1 spiro atoms. The van der Waals surface area contributed by atoms with Crippen molar-refractivity contribution in [1.82, 2.24) is 19.4 Å². The van der Waals surface area contributed by atoms with Crippen LogP contribution in [-0.2, 0) is 24.2 Å². The van der Waals surface area contributed by atoms with Crippen molar-refractivity contribution in [3.8, 4) is 11.3 Å². The molecule has 0 bridgehead atoms. The number of aromatic nitrogens is 3. The van der Waals surface area contributed by atoms with Crippen molar-refractivity contribution in [3.05, 3.63) is 71.9 Å². The molecule has 0 N–H and O–H groups in total. The maximum Gasteiger partial charge on any atom is 0.227 e. The molecule has 1 unspecified atom stereocenters. The van der Waals surface area contributed by atoms with Crippen LogP contribution < -0.4 is 0 Å². The number of nitrogens with zero attached hydrogens (tertiary/aromatic N) is 4. The third-order valence-corrected chi connectivity index (χ3v) is 6.32. The number of rotatable bonds is 3. The van der Waals surface area contributed by atoms with Gasteiger partial charge in [-0.3, -0.25) is 9.78 Å². The van der Waals surface area contributed by atoms with Gasteiger partial charge in [0, 0.05) is 49.4 Å². The van der Waals surface area contributed by atoms with Crippen molar-refractivity contribution in [2.45, 2.75) is 32.7 Å². The summed E-state index contributed by atoms with van der Waals surface area (Å²) >= 11 is 0. The first-order valence-electron chi connectivity index (χ1n) is 9.91. The smallest absolute Gasteiger partial charge is 0.227 e. The molecule has 3 aromatic rings. The summed E-state index contributed by atoms with van der Waals surface area (Å²) in [5.41, 5.74) is 4.68. The van der Waals surface area contributed by atoms with Crippen LogP contribution in [0.4, 0.5) is 0 Å². The SMILES string of the molecule is Cc1ccccc1CC(=O)N1CCC2(Cc3ncc(-c4cccnc4)n3C2)C1. The van der Waals surface area contributed by atoms with E-state index in [2.05, 4.69) is 44.6 Å². The lowest BCUT2D eigenvalue weighted by atomic mass is 9.86. The number of aryl methyl sites for hydroxylation is 1. The van der Waals surface area contributed by atoms with E-state index in [1.165, 1.54) is 5.56 Å². The van der Waals surface area contributed by atoms with Crippen molar-refractivity contribution in [1.29, 1.82) is 0 Å². The minimum absolute atomic E-state index is 0.127. The van der Waals surface area contributed by atoms with Crippen LogP contribution in [0.15, 0.2) is 55.0 Å². The fourth-order valence-corrected chi connectivity index (χ4v) is 4.71. The quantitative estimate of drug-likeness (QED) is 0.709. The minimum atomic E-state index is 0.127. The highest BCUT2D eigenvalue weighted by Gasteiger charge is 2.45. The molecule has 142 valence electrons. The Labute approximate surface area is 165 Å². The lowest BCUT2D eigenvalue weighted by molar-refractivity contribution is -0.129. The van der Waals surface area contributed by atoms with Gasteiger partial charge in [0.2, 0.25) is 5.91 Å². The Bertz CT molecular complexity index is 1030. The van der Waals surface area contributed by atoms with Crippen molar-refractivity contribution in [2.24, 2.45) is 5.41 Å². The molecule has 28 heavy (non-hydrogen) atoms. The fraction of sp³-hybridized carbons (Fsp3) is 0.348. The Morgan fingerprint density at radius 2 is 2.04 bits per heavy atom. The van der Waals surface area contributed by atoms with Gasteiger partial charge in [0.1, 0.15) is 5.82 Å². The molecule has 5 rings (SSSR count). The van der Waals surface area contributed by atoms with Gasteiger partial charge in [-0.2, -0.15) is 0 Å². The number of amides is 1. The summed E-state index contributed by atoms with van der Waals surface area (Å²) in [6, 6.07) is 12.2. The number of hydrogen-bond acceptors (Lipinski definition) is 3. The molecule has 0 aliphatic carbocycles. The van der Waals surface area contributed by atoms with Gasteiger partial charge >= 0.3 is 0 Å². The first kappa shape index (κ1) is 17.2. The lowest BCUT2D eigenvalue weighted by Gasteiger charge is -2.24. The molecule has 1 atom stereocenters. The Balaban J connectivity index is 1.31. The number of carbonyl (C=O) groups excluding carboxylic acids is 1. The van der Waals surface area contributed by atoms with Gasteiger partial charge in [-0.05, 0) is 36.6 Å². The second-order valence-electron chi connectivity index (χ2n) is 8.23. The monoisotopic (exact) mass is 372 g/mol. The molecule has 1 aromatic carbocycles. The second-order valence-corrected chi connectivity index (χ2v) is 8.23. The molecule has 1 fully saturated rings. The molecule has 5 nitrogen and oxygen atoms in total. The van der Waals surface area contributed by atoms with Gasteiger partial charge in [-0.25, -0.2) is 4.98 Å². The van der Waals surface area contributed by atoms with E-state index in [4.69, 9.17) is 0 Å². The predicted molar refractivity (Wildman–Crippen MR) is 108 cm³/mol. The van der Waals surface area contributed by atoms with E-state index in [1.54, 1.807) is 6.20 Å². The summed E-state index contributed by atoms with van der Waals surface area (Å²) in [5, 5.41) is 0. The summed E-state index contributed by atoms with van der Waals surface area (Å²) in [7, 11) is 0. The average molecular weight is 372 g/mol. The Kier molecular flexibility index (Phi) is 4.04. The van der Waals surface area contributed by atoms with Crippen molar-refractivity contribution >= 4 is 5.91 Å². The molecule has 0 saturated carbocycles. The Hall–Kier alpha value is -2.95. The fourth-order valence-electron chi connectivity index (χ4n) is 4.71. The van der Waals surface area contributed by atoms with Gasteiger partial charge in [0.25, 0.3) is 0 Å². The van der Waals surface area contributed by atoms with Crippen LogP contribution in [0.2, 0.25) is 0 Å². The topological polar surface area (TPSA) is 51.0 Å². The van der Waals surface area contributed by atoms with Crippen LogP contribution in [0.5, 0.6) is 0 Å². The number of carbonyl (C=O) groups is 1. The van der Waals surface area contributed by atoms with E-state index in [0.29, 0.717) is 6.42 Å². The molecule has 2 aromatic heterocycles. The first-order valence-corrected chi connectivity index (χ1v) is 9.91. The van der Waals surface area contributed by atoms with Crippen molar-refractivity contribution < 1.29 is 4.79 Å². The van der Waals surface area contributed by atoms with Crippen LogP contribution in [-0.4, -0.2) is 38.4 Å². The highest BCUT2D eigenvalue weighted by molar-refractivity contribution is 5.79. The van der Waals surface area contributed by atoms with E-state index in [0.717, 1.165) is 55.1 Å². The number of imidazole rings is 1. The molecule has 2 aliphatic heterocycles. The van der Waals surface area contributed by atoms with E-state index < -0.39 is 0 Å². The number of pyridine rings is 1. The molecule has 1 amide bonds. The second kappa shape index (κ2) is 6.59. The summed E-state index contributed by atoms with van der Waals surface area (Å²) < 4.78 is 2.33. The molecule has 2 aliphatic rings. The highest BCUT2D eigenvalue weighted by Crippen LogP contribution is 2.42. The number of benzene rings is 1. The third-order valence-electron chi connectivity index (χ3n) is 6.32. The predicted octanol–water partition coefficient (Wildman–Crippen LogP) is 3.27. The maximum absolute atomic E-state index is 12.9. The average Bonchev–Trinajstić information content (AvgIpc) is 3.39. The van der Waals surface area contributed by atoms with E-state index in [-0.39, 0.29) is 11.3 Å². The maximum atomic E-state index is 12.9. The third kappa shape index (κ3) is 2.91. The summed E-state index contributed by atoms with van der Waals surface area (Å²) in [5.74, 6) is 1.37. The van der Waals surface area contributed by atoms with Gasteiger partial charge in [-0.15, -0.1) is 0 Å². The van der Waals surface area contributed by atoms with Gasteiger partial charge in [0.05, 0.1) is 18.3 Å². The normalized spacial score (nSPS) is 20.7. The van der Waals surface area contributed by atoms with Crippen LogP contribution in [0.25, 0.3) is 11.3 Å². The minimum Gasteiger partial charge on any atom is -0.342 e. The van der Waals surface area contributed by atoms with E-state index in [1.807, 2.05) is 30.6 Å². The van der Waals surface area contributed by atoms with Crippen LogP contribution in [0.1, 0.15) is 23.4 Å². The van der Waals surface area contributed by atoms with Crippen molar-refractivity contribution in [2.75, 3.05) is 13.1 Å². The summed E-state index contributed by atoms with van der Waals surface area (Å²) in [4.78, 5) is 23.9. The molecular formula is C23H24N4O. The molecule has 1 saturated heterocycles. The molecule has 0 radical (unpaired) electrons. The number of fused-ring (bicyclic) bond motifs is 1. The Morgan fingerprint density at radius 1 is 1.14 bits per heavy atom. The number of likely N-dealkylation sites (tertiary alicyclic amines) is 1. The summed E-state index contributed by atoms with van der Waals surface area (Å²) in [6.07, 6.45) is 8.12. The molecule has 4 heterocycles. The highest BCUT2D eigenvalue weighted by atomic mass is 16.2. The van der Waals surface area contributed by atoms with Gasteiger partial charge < -0.3 is 9.47 Å². The number of hydrogen-bond donors (Lipinski definition) is 0. The Morgan fingerprint density at radius 3 is 2.86 bits per heavy atom. The zero-order chi connectivity index (χ0) is 19.1. The van der Waals surface area contributed by atoms with Gasteiger partial charge in [-0.1, -0.05) is 24.3 Å². The standard InChI is InChI=1S/C23H24N4O/c1-17-5-2-3-6-18(17)11-22(28)26-10-8-23(15-26)12-21-25-14-20(27(21)16-23)19-7-4-9-24-13-19/h2-7,9,13-14H,8,10-12,15-16H2,1H3. The zero-order valence-corrected chi connectivity index (χ0v) is 16.1. The van der Waals surface area contributed by atoms with E-state index >= 15 is 0 Å². The van der Waals surface area contributed by atoms with Crippen LogP contribution >= 0.6 is 0 Å². The van der Waals surface area contributed by atoms with Gasteiger partial charge in [0.15, 0.2) is 0 Å². The lowest BCUT2D eigenvalue weighted by Crippen LogP contribution is -2.34. The first-order chi connectivity index (χ1) is 13.6. The van der Waals surface area contributed by atoms with Crippen molar-refractivity contribution in [3.63, 3.8) is 0 Å². The van der Waals surface area contributed by atoms with E-state index in [9.17, 15) is 4.79 Å². The zero-order valence-electron chi connectivity index (χ0n) is 16.1. The summed E-state index contributed by atoms with van der Waals surface area (Å²) in [6.45, 7) is 4.68. The molecule has 5 heteroatoms.